The van der Waals surface area contributed by atoms with Gasteiger partial charge in [0.15, 0.2) is 0 Å². The van der Waals surface area contributed by atoms with E-state index < -0.39 is 5.91 Å². The number of nitrogens with one attached hydrogen (secondary N) is 2. The molecule has 0 aliphatic carbocycles. The summed E-state index contributed by atoms with van der Waals surface area (Å²) >= 11 is 0. The van der Waals surface area contributed by atoms with E-state index in [1.54, 1.807) is 6.07 Å². The highest BCUT2D eigenvalue weighted by Crippen LogP contribution is 1.96. The van der Waals surface area contributed by atoms with Crippen molar-refractivity contribution >= 4 is 11.7 Å². The van der Waals surface area contributed by atoms with E-state index in [0.29, 0.717) is 5.82 Å². The third-order valence-electron chi connectivity index (χ3n) is 0.880. The van der Waals surface area contributed by atoms with Gasteiger partial charge >= 0.3 is 5.91 Å². The van der Waals surface area contributed by atoms with Crippen LogP contribution < -0.4 is 5.32 Å². The molecule has 0 saturated carbocycles. The van der Waals surface area contributed by atoms with Crippen molar-refractivity contribution in [2.45, 2.75) is 0 Å². The first-order chi connectivity index (χ1) is 4.83. The number of terminal acetylenes is 1. The van der Waals surface area contributed by atoms with Crippen LogP contribution >= 0.6 is 0 Å². The van der Waals surface area contributed by atoms with E-state index in [2.05, 4.69) is 15.5 Å². The molecule has 0 aliphatic heterocycles. The van der Waals surface area contributed by atoms with Gasteiger partial charge in [-0.15, -0.1) is 6.42 Å². The summed E-state index contributed by atoms with van der Waals surface area (Å²) in [7, 11) is 0. The van der Waals surface area contributed by atoms with Crippen LogP contribution in [0.1, 0.15) is 0 Å². The minimum Gasteiger partial charge on any atom is -0.300 e. The lowest BCUT2D eigenvalue weighted by atomic mass is 10.5. The zero-order chi connectivity index (χ0) is 7.40. The highest BCUT2D eigenvalue weighted by Gasteiger charge is 1.95. The Morgan fingerprint density at radius 1 is 1.90 bits per heavy atom. The number of hydrogen-bond acceptors (Lipinski definition) is 2. The Morgan fingerprint density at radius 3 is 3.20 bits per heavy atom. The van der Waals surface area contributed by atoms with Crippen molar-refractivity contribution in [2.24, 2.45) is 0 Å². The second-order valence-corrected chi connectivity index (χ2v) is 1.57. The van der Waals surface area contributed by atoms with Crippen molar-refractivity contribution in [3.8, 4) is 12.3 Å². The summed E-state index contributed by atoms with van der Waals surface area (Å²) in [6, 6.07) is 1.61. The van der Waals surface area contributed by atoms with Crippen LogP contribution in [0.15, 0.2) is 12.3 Å². The van der Waals surface area contributed by atoms with E-state index in [1.807, 2.05) is 5.92 Å². The lowest BCUT2D eigenvalue weighted by Gasteiger charge is -1.91. The molecule has 0 aliphatic rings. The topological polar surface area (TPSA) is 57.8 Å². The van der Waals surface area contributed by atoms with Crippen molar-refractivity contribution < 1.29 is 4.79 Å². The molecule has 0 aromatic carbocycles. The first kappa shape index (κ1) is 6.36. The highest BCUT2D eigenvalue weighted by atomic mass is 16.1. The number of anilines is 1. The standard InChI is InChI=1S/C6H5N3O/c1-2-6(10)8-5-3-4-7-9-5/h1,3-4H,(H2,7,8,9,10). The Kier molecular flexibility index (Phi) is 1.71. The van der Waals surface area contributed by atoms with Crippen molar-refractivity contribution in [3.63, 3.8) is 0 Å². The second-order valence-electron chi connectivity index (χ2n) is 1.57. The number of hydrogen-bond donors (Lipinski definition) is 2. The largest absolute Gasteiger partial charge is 0.301 e. The van der Waals surface area contributed by atoms with E-state index in [9.17, 15) is 4.79 Å². The normalized spacial score (nSPS) is 8.30. The Hall–Kier alpha value is -1.76. The molecule has 10 heavy (non-hydrogen) atoms. The summed E-state index contributed by atoms with van der Waals surface area (Å²) in [4.78, 5) is 10.5. The van der Waals surface area contributed by atoms with Gasteiger partial charge < -0.3 is 5.32 Å². The van der Waals surface area contributed by atoms with E-state index in [-0.39, 0.29) is 0 Å². The van der Waals surface area contributed by atoms with Crippen LogP contribution in [0.3, 0.4) is 0 Å². The lowest BCUT2D eigenvalue weighted by Crippen LogP contribution is -2.07. The first-order valence-corrected chi connectivity index (χ1v) is 2.60. The van der Waals surface area contributed by atoms with Crippen LogP contribution in [0.25, 0.3) is 0 Å². The average molecular weight is 135 g/mol. The van der Waals surface area contributed by atoms with Crippen LogP contribution in [-0.2, 0) is 4.79 Å². The second kappa shape index (κ2) is 2.69. The van der Waals surface area contributed by atoms with Crippen LogP contribution in [0, 0.1) is 12.3 Å². The van der Waals surface area contributed by atoms with Gasteiger partial charge in [0, 0.05) is 6.07 Å². The van der Waals surface area contributed by atoms with Crippen LogP contribution in [0.2, 0.25) is 0 Å². The van der Waals surface area contributed by atoms with Gasteiger partial charge in [-0.05, 0) is 5.92 Å². The molecule has 0 fully saturated rings. The Balaban J connectivity index is 2.59. The van der Waals surface area contributed by atoms with Crippen LogP contribution in [-0.4, -0.2) is 16.1 Å². The molecule has 0 spiro atoms. The SMILES string of the molecule is C#CC(=O)Nc1ccn[nH]1. The molecule has 4 heteroatoms. The Labute approximate surface area is 57.6 Å². The lowest BCUT2D eigenvalue weighted by molar-refractivity contribution is -0.111. The summed E-state index contributed by atoms with van der Waals surface area (Å²) in [6.07, 6.45) is 6.31. The number of rotatable bonds is 1. The fourth-order valence-corrected chi connectivity index (χ4v) is 0.484. The van der Waals surface area contributed by atoms with Crippen molar-refractivity contribution in [1.82, 2.24) is 10.2 Å². The minimum absolute atomic E-state index is 0.482. The fourth-order valence-electron chi connectivity index (χ4n) is 0.484. The molecular formula is C6H5N3O. The summed E-state index contributed by atoms with van der Waals surface area (Å²) in [6.45, 7) is 0. The number of amides is 1. The predicted octanol–water partition coefficient (Wildman–Crippen LogP) is -0.0186. The van der Waals surface area contributed by atoms with Gasteiger partial charge in [-0.2, -0.15) is 5.10 Å². The van der Waals surface area contributed by atoms with Gasteiger partial charge in [-0.3, -0.25) is 9.89 Å². The van der Waals surface area contributed by atoms with Gasteiger partial charge in [0.1, 0.15) is 5.82 Å². The average Bonchev–Trinajstić information content (AvgIpc) is 2.40. The third-order valence-corrected chi connectivity index (χ3v) is 0.880. The van der Waals surface area contributed by atoms with Gasteiger partial charge in [0.05, 0.1) is 6.20 Å². The minimum atomic E-state index is -0.482. The number of aromatic amines is 1. The molecule has 2 N–H and O–H groups in total. The number of H-pyrrole nitrogens is 1. The molecule has 4 nitrogen and oxygen atoms in total. The first-order valence-electron chi connectivity index (χ1n) is 2.60. The molecule has 1 aromatic rings. The summed E-state index contributed by atoms with van der Waals surface area (Å²) in [5.74, 6) is 1.93. The monoisotopic (exact) mass is 135 g/mol. The Bertz CT molecular complexity index is 257. The molecule has 50 valence electrons. The van der Waals surface area contributed by atoms with Gasteiger partial charge in [0.2, 0.25) is 0 Å². The number of nitrogens with zero attached hydrogens (tertiary/aromatic N) is 1. The van der Waals surface area contributed by atoms with E-state index in [0.717, 1.165) is 0 Å². The van der Waals surface area contributed by atoms with E-state index in [1.165, 1.54) is 6.20 Å². The predicted molar refractivity (Wildman–Crippen MR) is 36.1 cm³/mol. The van der Waals surface area contributed by atoms with Crippen LogP contribution in [0.4, 0.5) is 5.82 Å². The van der Waals surface area contributed by atoms with Gasteiger partial charge in [0.25, 0.3) is 0 Å². The Morgan fingerprint density at radius 2 is 2.70 bits per heavy atom. The molecule has 1 aromatic heterocycles. The molecule has 0 bridgehead atoms. The molecule has 0 unspecified atom stereocenters. The molecule has 0 atom stereocenters. The van der Waals surface area contributed by atoms with Crippen molar-refractivity contribution in [1.29, 1.82) is 0 Å². The maximum absolute atomic E-state index is 10.5. The maximum atomic E-state index is 10.5. The fraction of sp³-hybridized carbons (Fsp3) is 0. The molecule has 0 radical (unpaired) electrons. The van der Waals surface area contributed by atoms with Gasteiger partial charge in [-0.1, -0.05) is 0 Å². The highest BCUT2D eigenvalue weighted by molar-refractivity contribution is 6.02. The zero-order valence-electron chi connectivity index (χ0n) is 5.09. The third kappa shape index (κ3) is 1.36. The summed E-state index contributed by atoms with van der Waals surface area (Å²) < 4.78 is 0. The number of carbonyl (C=O) groups is 1. The van der Waals surface area contributed by atoms with Crippen molar-refractivity contribution in [3.05, 3.63) is 12.3 Å². The summed E-state index contributed by atoms with van der Waals surface area (Å²) in [5.41, 5.74) is 0. The maximum Gasteiger partial charge on any atom is 0.301 e. The number of carbonyl (C=O) groups excluding carboxylic acids is 1. The quantitative estimate of drug-likeness (QED) is 0.532. The molecule has 0 saturated heterocycles. The molecule has 1 amide bonds. The molecular weight excluding hydrogens is 130 g/mol. The molecule has 1 heterocycles. The van der Waals surface area contributed by atoms with Crippen molar-refractivity contribution in [2.75, 3.05) is 5.32 Å². The number of aromatic nitrogens is 2. The zero-order valence-corrected chi connectivity index (χ0v) is 5.09. The smallest absolute Gasteiger partial charge is 0.300 e. The van der Waals surface area contributed by atoms with Crippen LogP contribution in [0.5, 0.6) is 0 Å². The summed E-state index contributed by atoms with van der Waals surface area (Å²) in [5, 5.41) is 8.50. The molecule has 1 rings (SSSR count). The van der Waals surface area contributed by atoms with Gasteiger partial charge in [-0.25, -0.2) is 0 Å². The van der Waals surface area contributed by atoms with E-state index >= 15 is 0 Å². The van der Waals surface area contributed by atoms with E-state index in [4.69, 9.17) is 6.42 Å².